The number of thioether (sulfide) groups is 1. The van der Waals surface area contributed by atoms with Crippen LogP contribution in [-0.2, 0) is 24.8 Å². The van der Waals surface area contributed by atoms with E-state index in [9.17, 15) is 9.59 Å². The second kappa shape index (κ2) is 12.2. The van der Waals surface area contributed by atoms with E-state index in [4.69, 9.17) is 0 Å². The molecule has 0 unspecified atom stereocenters. The minimum Gasteiger partial charge on any atom is -0.338 e. The third-order valence-electron chi connectivity index (χ3n) is 5.32. The number of amides is 1. The van der Waals surface area contributed by atoms with Crippen LogP contribution in [0.3, 0.4) is 0 Å². The van der Waals surface area contributed by atoms with E-state index in [1.165, 1.54) is 5.56 Å². The van der Waals surface area contributed by atoms with Gasteiger partial charge in [0.1, 0.15) is 0 Å². The van der Waals surface area contributed by atoms with E-state index in [1.54, 1.807) is 29.4 Å². The zero-order valence-corrected chi connectivity index (χ0v) is 19.7. The number of hydrogen-bond donors (Lipinski definition) is 0. The summed E-state index contributed by atoms with van der Waals surface area (Å²) in [5.74, 6) is 1.02. The average Bonchev–Trinajstić information content (AvgIpc) is 2.80. The molecule has 0 radical (unpaired) electrons. The molecule has 0 aliphatic rings. The predicted octanol–water partition coefficient (Wildman–Crippen LogP) is 4.62. The molecule has 6 heteroatoms. The second-order valence-electron chi connectivity index (χ2n) is 7.92. The zero-order valence-electron chi connectivity index (χ0n) is 18.9. The number of hydrogen-bond acceptors (Lipinski definition) is 4. The largest absolute Gasteiger partial charge is 0.338 e. The Labute approximate surface area is 194 Å². The maximum atomic E-state index is 13.0. The minimum atomic E-state index is -0.0369. The predicted molar refractivity (Wildman–Crippen MR) is 131 cm³/mol. The fraction of sp³-hybridized carbons (Fsp3) is 0.346. The van der Waals surface area contributed by atoms with Gasteiger partial charge in [0.15, 0.2) is 5.16 Å². The summed E-state index contributed by atoms with van der Waals surface area (Å²) < 4.78 is 1.58. The highest BCUT2D eigenvalue weighted by Gasteiger charge is 2.14. The molecule has 1 aromatic heterocycles. The van der Waals surface area contributed by atoms with Crippen LogP contribution in [-0.4, -0.2) is 32.7 Å². The Bertz CT molecular complexity index is 1050. The standard InChI is InChI=1S/C26H31N3O2S/c1-21-19-25(31)28(2)26(27-21)32-18-10-9-15-24(30)29(20-23-13-7-4-8-14-23)17-16-22-11-5-3-6-12-22/h3-8,11-14,19H,9-10,15-18,20H2,1-2H3. The van der Waals surface area contributed by atoms with Gasteiger partial charge in [-0.1, -0.05) is 72.4 Å². The van der Waals surface area contributed by atoms with Gasteiger partial charge in [-0.3, -0.25) is 14.2 Å². The van der Waals surface area contributed by atoms with Crippen LogP contribution in [0.25, 0.3) is 0 Å². The Kier molecular flexibility index (Phi) is 9.11. The summed E-state index contributed by atoms with van der Waals surface area (Å²) in [6.45, 7) is 3.18. The summed E-state index contributed by atoms with van der Waals surface area (Å²) in [6.07, 6.45) is 3.10. The molecule has 0 saturated carbocycles. The first-order valence-corrected chi connectivity index (χ1v) is 12.0. The van der Waals surface area contributed by atoms with Crippen molar-refractivity contribution in [3.05, 3.63) is 93.9 Å². The van der Waals surface area contributed by atoms with Crippen LogP contribution in [0, 0.1) is 6.92 Å². The molecule has 0 atom stereocenters. The number of rotatable bonds is 11. The van der Waals surface area contributed by atoms with Crippen LogP contribution in [0.15, 0.2) is 76.7 Å². The quantitative estimate of drug-likeness (QED) is 0.243. The van der Waals surface area contributed by atoms with E-state index in [2.05, 4.69) is 29.2 Å². The van der Waals surface area contributed by atoms with Gasteiger partial charge in [0.25, 0.3) is 5.56 Å². The second-order valence-corrected chi connectivity index (χ2v) is 8.98. The number of benzene rings is 2. The van der Waals surface area contributed by atoms with Gasteiger partial charge in [-0.15, -0.1) is 0 Å². The number of aromatic nitrogens is 2. The first kappa shape index (κ1) is 23.8. The van der Waals surface area contributed by atoms with E-state index in [0.29, 0.717) is 19.5 Å². The molecule has 3 aromatic rings. The summed E-state index contributed by atoms with van der Waals surface area (Å²) >= 11 is 1.57. The Morgan fingerprint density at radius 2 is 1.66 bits per heavy atom. The molecule has 0 aliphatic heterocycles. The third-order valence-corrected chi connectivity index (χ3v) is 6.44. The highest BCUT2D eigenvalue weighted by Crippen LogP contribution is 2.17. The van der Waals surface area contributed by atoms with Crippen LogP contribution in [0.4, 0.5) is 0 Å². The third kappa shape index (κ3) is 7.38. The van der Waals surface area contributed by atoms with E-state index < -0.39 is 0 Å². The highest BCUT2D eigenvalue weighted by atomic mass is 32.2. The summed E-state index contributed by atoms with van der Waals surface area (Å²) in [5.41, 5.74) is 3.09. The molecule has 0 spiro atoms. The van der Waals surface area contributed by atoms with Gasteiger partial charge in [-0.25, -0.2) is 4.98 Å². The Morgan fingerprint density at radius 1 is 1.00 bits per heavy atom. The fourth-order valence-corrected chi connectivity index (χ4v) is 4.48. The van der Waals surface area contributed by atoms with Gasteiger partial charge in [0.2, 0.25) is 5.91 Å². The first-order valence-electron chi connectivity index (χ1n) is 11.1. The van der Waals surface area contributed by atoms with Crippen LogP contribution >= 0.6 is 11.8 Å². The SMILES string of the molecule is Cc1cc(=O)n(C)c(SCCCCC(=O)N(CCc2ccccc2)Cc2ccccc2)n1. The molecule has 5 nitrogen and oxygen atoms in total. The van der Waals surface area contributed by atoms with Crippen LogP contribution in [0.1, 0.15) is 36.1 Å². The lowest BCUT2D eigenvalue weighted by molar-refractivity contribution is -0.131. The molecule has 1 amide bonds. The lowest BCUT2D eigenvalue weighted by Gasteiger charge is -2.23. The molecule has 3 rings (SSSR count). The summed E-state index contributed by atoms with van der Waals surface area (Å²) in [7, 11) is 1.74. The summed E-state index contributed by atoms with van der Waals surface area (Å²) in [4.78, 5) is 31.3. The molecule has 0 saturated heterocycles. The number of carbonyl (C=O) groups is 1. The molecule has 0 aliphatic carbocycles. The number of unbranched alkanes of at least 4 members (excludes halogenated alkanes) is 1. The van der Waals surface area contributed by atoms with E-state index in [0.717, 1.165) is 41.4 Å². The molecule has 0 fully saturated rings. The first-order chi connectivity index (χ1) is 15.5. The van der Waals surface area contributed by atoms with Crippen molar-refractivity contribution in [2.45, 2.75) is 44.3 Å². The number of carbonyl (C=O) groups excluding carboxylic acids is 1. The van der Waals surface area contributed by atoms with Crippen molar-refractivity contribution in [1.82, 2.24) is 14.5 Å². The van der Waals surface area contributed by atoms with Crippen LogP contribution in [0.5, 0.6) is 0 Å². The Balaban J connectivity index is 1.50. The lowest BCUT2D eigenvalue weighted by Crippen LogP contribution is -2.32. The maximum absolute atomic E-state index is 13.0. The number of nitrogens with zero attached hydrogens (tertiary/aromatic N) is 3. The van der Waals surface area contributed by atoms with Gasteiger partial charge in [-0.2, -0.15) is 0 Å². The van der Waals surface area contributed by atoms with Crippen molar-refractivity contribution in [2.75, 3.05) is 12.3 Å². The lowest BCUT2D eigenvalue weighted by atomic mass is 10.1. The maximum Gasteiger partial charge on any atom is 0.254 e. The summed E-state index contributed by atoms with van der Waals surface area (Å²) in [6, 6.07) is 22.0. The van der Waals surface area contributed by atoms with Crippen molar-refractivity contribution < 1.29 is 4.79 Å². The molecular weight excluding hydrogens is 418 g/mol. The van der Waals surface area contributed by atoms with Gasteiger partial charge in [0, 0.05) is 44.1 Å². The van der Waals surface area contributed by atoms with E-state index >= 15 is 0 Å². The van der Waals surface area contributed by atoms with Crippen molar-refractivity contribution >= 4 is 17.7 Å². The van der Waals surface area contributed by atoms with Gasteiger partial charge in [-0.05, 0) is 37.3 Å². The minimum absolute atomic E-state index is 0.0369. The van der Waals surface area contributed by atoms with E-state index in [1.807, 2.05) is 48.2 Å². The zero-order chi connectivity index (χ0) is 22.8. The molecule has 0 bridgehead atoms. The fourth-order valence-electron chi connectivity index (χ4n) is 3.46. The van der Waals surface area contributed by atoms with Gasteiger partial charge in [0.05, 0.1) is 0 Å². The smallest absolute Gasteiger partial charge is 0.254 e. The number of aryl methyl sites for hydroxylation is 1. The van der Waals surface area contributed by atoms with Gasteiger partial charge < -0.3 is 4.90 Å². The van der Waals surface area contributed by atoms with Crippen molar-refractivity contribution in [3.8, 4) is 0 Å². The van der Waals surface area contributed by atoms with Crippen LogP contribution < -0.4 is 5.56 Å². The average molecular weight is 450 g/mol. The van der Waals surface area contributed by atoms with Crippen molar-refractivity contribution in [2.24, 2.45) is 7.05 Å². The topological polar surface area (TPSA) is 55.2 Å². The normalized spacial score (nSPS) is 10.8. The van der Waals surface area contributed by atoms with Crippen molar-refractivity contribution in [3.63, 3.8) is 0 Å². The molecular formula is C26H31N3O2S. The molecule has 168 valence electrons. The Morgan fingerprint density at radius 3 is 2.34 bits per heavy atom. The molecule has 1 heterocycles. The monoisotopic (exact) mass is 449 g/mol. The van der Waals surface area contributed by atoms with Gasteiger partial charge >= 0.3 is 0 Å². The molecule has 0 N–H and O–H groups in total. The van der Waals surface area contributed by atoms with Crippen LogP contribution in [0.2, 0.25) is 0 Å². The highest BCUT2D eigenvalue weighted by molar-refractivity contribution is 7.99. The molecule has 32 heavy (non-hydrogen) atoms. The van der Waals surface area contributed by atoms with Crippen molar-refractivity contribution in [1.29, 1.82) is 0 Å². The molecule has 2 aromatic carbocycles. The van der Waals surface area contributed by atoms with E-state index in [-0.39, 0.29) is 11.5 Å². The Hall–Kier alpha value is -2.86. The summed E-state index contributed by atoms with van der Waals surface area (Å²) in [5, 5.41) is 0.731.